The van der Waals surface area contributed by atoms with E-state index in [1.165, 1.54) is 6.07 Å². The van der Waals surface area contributed by atoms with Gasteiger partial charge in [-0.25, -0.2) is 4.39 Å². The number of carbonyl (C=O) groups excluding carboxylic acids is 1. The number of hydrogen-bond acceptors (Lipinski definition) is 2. The van der Waals surface area contributed by atoms with Crippen molar-refractivity contribution < 1.29 is 13.9 Å². The fourth-order valence-electron chi connectivity index (χ4n) is 2.43. The number of benzene rings is 3. The van der Waals surface area contributed by atoms with Crippen molar-refractivity contribution in [1.29, 1.82) is 0 Å². The van der Waals surface area contributed by atoms with Gasteiger partial charge in [0.15, 0.2) is 0 Å². The van der Waals surface area contributed by atoms with Crippen LogP contribution in [0.4, 0.5) is 4.39 Å². The molecular formula is C21H18FNO2. The molecule has 0 saturated heterocycles. The molecule has 0 aliphatic rings. The summed E-state index contributed by atoms with van der Waals surface area (Å²) in [4.78, 5) is 12.4. The average Bonchev–Trinajstić information content (AvgIpc) is 2.66. The molecule has 0 aliphatic heterocycles. The van der Waals surface area contributed by atoms with Crippen LogP contribution in [0.3, 0.4) is 0 Å². The molecule has 0 aromatic heterocycles. The Hall–Kier alpha value is -3.14. The number of nitrogens with one attached hydrogen (secondary N) is 1. The van der Waals surface area contributed by atoms with E-state index in [1.54, 1.807) is 36.4 Å². The van der Waals surface area contributed by atoms with Crippen molar-refractivity contribution >= 4 is 5.91 Å². The van der Waals surface area contributed by atoms with Crippen LogP contribution >= 0.6 is 0 Å². The summed E-state index contributed by atoms with van der Waals surface area (Å²) >= 11 is 0. The number of halogens is 1. The van der Waals surface area contributed by atoms with Gasteiger partial charge in [-0.15, -0.1) is 0 Å². The summed E-state index contributed by atoms with van der Waals surface area (Å²) in [6.45, 7) is 0.497. The molecule has 1 amide bonds. The van der Waals surface area contributed by atoms with Gasteiger partial charge in [0, 0.05) is 12.1 Å². The fraction of sp³-hybridized carbons (Fsp3) is 0.0952. The predicted molar refractivity (Wildman–Crippen MR) is 94.8 cm³/mol. The topological polar surface area (TPSA) is 38.3 Å². The predicted octanol–water partition coefficient (Wildman–Crippen LogP) is 4.33. The summed E-state index contributed by atoms with van der Waals surface area (Å²) in [5.41, 5.74) is 1.89. The van der Waals surface area contributed by atoms with Crippen LogP contribution < -0.4 is 10.1 Å². The Balaban J connectivity index is 1.67. The molecule has 0 aliphatic carbocycles. The van der Waals surface area contributed by atoms with Crippen LogP contribution in [-0.2, 0) is 13.2 Å². The van der Waals surface area contributed by atoms with E-state index in [9.17, 15) is 9.18 Å². The highest BCUT2D eigenvalue weighted by atomic mass is 19.1. The number of amides is 1. The van der Waals surface area contributed by atoms with Crippen LogP contribution in [0.2, 0.25) is 0 Å². The number of rotatable bonds is 6. The third kappa shape index (κ3) is 4.44. The molecule has 0 fully saturated rings. The molecule has 25 heavy (non-hydrogen) atoms. The SMILES string of the molecule is O=C(NCc1ccccc1F)c1ccccc1OCc1ccccc1. The van der Waals surface area contributed by atoms with Gasteiger partial charge in [-0.05, 0) is 23.8 Å². The molecule has 3 nitrogen and oxygen atoms in total. The zero-order chi connectivity index (χ0) is 17.5. The van der Waals surface area contributed by atoms with Crippen molar-refractivity contribution in [2.45, 2.75) is 13.2 Å². The molecule has 0 unspecified atom stereocenters. The highest BCUT2D eigenvalue weighted by Crippen LogP contribution is 2.19. The molecule has 0 bridgehead atoms. The molecule has 126 valence electrons. The van der Waals surface area contributed by atoms with E-state index in [-0.39, 0.29) is 18.3 Å². The first-order valence-electron chi connectivity index (χ1n) is 8.01. The lowest BCUT2D eigenvalue weighted by molar-refractivity contribution is 0.0946. The number of hydrogen-bond donors (Lipinski definition) is 1. The summed E-state index contributed by atoms with van der Waals surface area (Å²) in [6, 6.07) is 23.1. The summed E-state index contributed by atoms with van der Waals surface area (Å²) in [7, 11) is 0. The average molecular weight is 335 g/mol. The van der Waals surface area contributed by atoms with E-state index in [1.807, 2.05) is 36.4 Å². The lowest BCUT2D eigenvalue weighted by atomic mass is 10.1. The molecule has 0 atom stereocenters. The third-order valence-corrected chi connectivity index (χ3v) is 3.77. The minimum absolute atomic E-state index is 0.124. The molecule has 3 aromatic rings. The largest absolute Gasteiger partial charge is 0.488 e. The summed E-state index contributed by atoms with van der Waals surface area (Å²) in [5.74, 6) is -0.138. The number of para-hydroxylation sites is 1. The van der Waals surface area contributed by atoms with Crippen molar-refractivity contribution in [3.05, 3.63) is 101 Å². The second-order valence-corrected chi connectivity index (χ2v) is 5.54. The first-order chi connectivity index (χ1) is 12.2. The zero-order valence-corrected chi connectivity index (χ0v) is 13.6. The highest BCUT2D eigenvalue weighted by molar-refractivity contribution is 5.96. The van der Waals surface area contributed by atoms with Crippen LogP contribution in [0.15, 0.2) is 78.9 Å². The maximum Gasteiger partial charge on any atom is 0.255 e. The van der Waals surface area contributed by atoms with Gasteiger partial charge in [0.1, 0.15) is 18.2 Å². The molecule has 3 rings (SSSR count). The van der Waals surface area contributed by atoms with Gasteiger partial charge in [0.05, 0.1) is 5.56 Å². The van der Waals surface area contributed by atoms with Crippen LogP contribution in [-0.4, -0.2) is 5.91 Å². The molecular weight excluding hydrogens is 317 g/mol. The van der Waals surface area contributed by atoms with E-state index < -0.39 is 0 Å². The molecule has 4 heteroatoms. The normalized spacial score (nSPS) is 10.3. The molecule has 0 radical (unpaired) electrons. The van der Waals surface area contributed by atoms with Crippen molar-refractivity contribution in [2.75, 3.05) is 0 Å². The van der Waals surface area contributed by atoms with Crippen molar-refractivity contribution in [3.63, 3.8) is 0 Å². The lowest BCUT2D eigenvalue weighted by Gasteiger charge is -2.12. The summed E-state index contributed by atoms with van der Waals surface area (Å²) in [6.07, 6.45) is 0. The van der Waals surface area contributed by atoms with E-state index in [4.69, 9.17) is 4.74 Å². The lowest BCUT2D eigenvalue weighted by Crippen LogP contribution is -2.24. The fourth-order valence-corrected chi connectivity index (χ4v) is 2.43. The van der Waals surface area contributed by atoms with E-state index >= 15 is 0 Å². The van der Waals surface area contributed by atoms with Gasteiger partial charge >= 0.3 is 0 Å². The van der Waals surface area contributed by atoms with Crippen molar-refractivity contribution in [2.24, 2.45) is 0 Å². The monoisotopic (exact) mass is 335 g/mol. The Morgan fingerprint density at radius 1 is 0.880 bits per heavy atom. The minimum Gasteiger partial charge on any atom is -0.488 e. The molecule has 1 N–H and O–H groups in total. The Bertz CT molecular complexity index is 849. The van der Waals surface area contributed by atoms with Gasteiger partial charge in [0.25, 0.3) is 5.91 Å². The van der Waals surface area contributed by atoms with Crippen LogP contribution in [0.1, 0.15) is 21.5 Å². The smallest absolute Gasteiger partial charge is 0.255 e. The van der Waals surface area contributed by atoms with Gasteiger partial charge in [-0.1, -0.05) is 60.7 Å². The van der Waals surface area contributed by atoms with Crippen molar-refractivity contribution in [3.8, 4) is 5.75 Å². The maximum absolute atomic E-state index is 13.7. The Labute approximate surface area is 146 Å². The summed E-state index contributed by atoms with van der Waals surface area (Å²) < 4.78 is 19.4. The quantitative estimate of drug-likeness (QED) is 0.728. The Kier molecular flexibility index (Phi) is 5.42. The molecule has 0 heterocycles. The van der Waals surface area contributed by atoms with Crippen LogP contribution in [0, 0.1) is 5.82 Å². The van der Waals surface area contributed by atoms with Gasteiger partial charge in [0.2, 0.25) is 0 Å². The third-order valence-electron chi connectivity index (χ3n) is 3.77. The first-order valence-corrected chi connectivity index (χ1v) is 8.01. The Morgan fingerprint density at radius 2 is 1.56 bits per heavy atom. The first kappa shape index (κ1) is 16.7. The molecule has 3 aromatic carbocycles. The van der Waals surface area contributed by atoms with Crippen LogP contribution in [0.25, 0.3) is 0 Å². The van der Waals surface area contributed by atoms with Gasteiger partial charge in [-0.3, -0.25) is 4.79 Å². The number of carbonyl (C=O) groups is 1. The molecule has 0 spiro atoms. The zero-order valence-electron chi connectivity index (χ0n) is 13.6. The Morgan fingerprint density at radius 3 is 2.36 bits per heavy atom. The second kappa shape index (κ2) is 8.11. The van der Waals surface area contributed by atoms with E-state index in [0.29, 0.717) is 23.5 Å². The molecule has 0 saturated carbocycles. The van der Waals surface area contributed by atoms with Gasteiger partial charge in [-0.2, -0.15) is 0 Å². The number of ether oxygens (including phenoxy) is 1. The van der Waals surface area contributed by atoms with Crippen LogP contribution in [0.5, 0.6) is 5.75 Å². The highest BCUT2D eigenvalue weighted by Gasteiger charge is 2.12. The summed E-state index contributed by atoms with van der Waals surface area (Å²) in [5, 5.41) is 2.74. The van der Waals surface area contributed by atoms with E-state index in [0.717, 1.165) is 5.56 Å². The van der Waals surface area contributed by atoms with E-state index in [2.05, 4.69) is 5.32 Å². The maximum atomic E-state index is 13.7. The second-order valence-electron chi connectivity index (χ2n) is 5.54. The standard InChI is InChI=1S/C21H18FNO2/c22-19-12-6-4-10-17(19)14-23-21(24)18-11-5-7-13-20(18)25-15-16-8-2-1-3-9-16/h1-13H,14-15H2,(H,23,24). The minimum atomic E-state index is -0.337. The van der Waals surface area contributed by atoms with Gasteiger partial charge < -0.3 is 10.1 Å². The van der Waals surface area contributed by atoms with Crippen molar-refractivity contribution in [1.82, 2.24) is 5.32 Å².